The first kappa shape index (κ1) is 21.9. The van der Waals surface area contributed by atoms with Crippen LogP contribution in [0.5, 0.6) is 5.75 Å². The van der Waals surface area contributed by atoms with E-state index in [4.69, 9.17) is 56.5 Å². The number of thiocarbonyl (C=S) groups is 1. The van der Waals surface area contributed by atoms with Gasteiger partial charge < -0.3 is 19.7 Å². The smallest absolute Gasteiger partial charge is 0.257 e. The van der Waals surface area contributed by atoms with Crippen LogP contribution in [0.3, 0.4) is 0 Å². The lowest BCUT2D eigenvalue weighted by molar-refractivity contribution is 0.0977. The Morgan fingerprint density at radius 2 is 1.79 bits per heavy atom. The van der Waals surface area contributed by atoms with Gasteiger partial charge in [-0.15, -0.1) is 0 Å². The zero-order valence-electron chi connectivity index (χ0n) is 15.4. The number of amides is 1. The van der Waals surface area contributed by atoms with E-state index < -0.39 is 5.91 Å². The third kappa shape index (κ3) is 5.43. The van der Waals surface area contributed by atoms with Crippen LogP contribution in [0, 0.1) is 0 Å². The molecule has 0 aliphatic carbocycles. The predicted octanol–water partition coefficient (Wildman–Crippen LogP) is 4.62. The van der Waals surface area contributed by atoms with Crippen LogP contribution < -0.4 is 20.3 Å². The first-order valence-electron chi connectivity index (χ1n) is 8.66. The summed E-state index contributed by atoms with van der Waals surface area (Å²) in [5, 5.41) is 6.80. The molecule has 1 amide bonds. The van der Waals surface area contributed by atoms with Crippen LogP contribution in [0.1, 0.15) is 10.4 Å². The second kappa shape index (κ2) is 9.82. The molecule has 0 bridgehead atoms. The van der Waals surface area contributed by atoms with Gasteiger partial charge in [0.15, 0.2) is 10.9 Å². The lowest BCUT2D eigenvalue weighted by atomic mass is 10.2. The van der Waals surface area contributed by atoms with Crippen LogP contribution >= 0.6 is 47.0 Å². The highest BCUT2D eigenvalue weighted by molar-refractivity contribution is 7.80. The minimum Gasteiger partial charge on any atom is -0.494 e. The molecule has 1 aliphatic heterocycles. The van der Waals surface area contributed by atoms with E-state index in [9.17, 15) is 4.79 Å². The monoisotopic (exact) mass is 473 g/mol. The molecule has 3 rings (SSSR count). The highest BCUT2D eigenvalue weighted by atomic mass is 35.5. The number of nitrogens with zero attached hydrogens (tertiary/aromatic N) is 1. The van der Waals surface area contributed by atoms with Gasteiger partial charge in [0, 0.05) is 23.7 Å². The maximum Gasteiger partial charge on any atom is 0.257 e. The summed E-state index contributed by atoms with van der Waals surface area (Å²) in [5.41, 5.74) is 1.87. The fourth-order valence-electron chi connectivity index (χ4n) is 2.90. The molecule has 0 spiro atoms. The number of carbonyl (C=O) groups is 1. The maximum absolute atomic E-state index is 12.6. The molecule has 0 atom stereocenters. The van der Waals surface area contributed by atoms with Crippen LogP contribution in [0.2, 0.25) is 15.1 Å². The number of methoxy groups -OCH3 is 1. The molecule has 6 nitrogen and oxygen atoms in total. The number of carbonyl (C=O) groups excluding carboxylic acids is 1. The molecule has 29 heavy (non-hydrogen) atoms. The molecule has 2 aromatic rings. The van der Waals surface area contributed by atoms with E-state index in [0.717, 1.165) is 18.8 Å². The number of nitrogens with one attached hydrogen (secondary N) is 2. The lowest BCUT2D eigenvalue weighted by Crippen LogP contribution is -2.38. The van der Waals surface area contributed by atoms with Gasteiger partial charge in [0.05, 0.1) is 41.7 Å². The molecule has 0 aromatic heterocycles. The van der Waals surface area contributed by atoms with Crippen molar-refractivity contribution in [1.82, 2.24) is 5.32 Å². The molecule has 0 radical (unpaired) electrons. The molecule has 154 valence electrons. The molecule has 1 saturated heterocycles. The van der Waals surface area contributed by atoms with E-state index in [2.05, 4.69) is 15.5 Å². The zero-order valence-corrected chi connectivity index (χ0v) is 18.5. The molecule has 1 heterocycles. The topological polar surface area (TPSA) is 62.8 Å². The van der Waals surface area contributed by atoms with Gasteiger partial charge in [-0.05, 0) is 42.5 Å². The molecule has 0 saturated carbocycles. The quantitative estimate of drug-likeness (QED) is 0.631. The van der Waals surface area contributed by atoms with Crippen molar-refractivity contribution in [2.75, 3.05) is 43.6 Å². The summed E-state index contributed by atoms with van der Waals surface area (Å²) in [6.07, 6.45) is 0. The molecule has 2 aromatic carbocycles. The fourth-order valence-corrected chi connectivity index (χ4v) is 3.92. The highest BCUT2D eigenvalue weighted by Crippen LogP contribution is 2.34. The maximum atomic E-state index is 12.6. The van der Waals surface area contributed by atoms with E-state index in [1.54, 1.807) is 12.1 Å². The van der Waals surface area contributed by atoms with Crippen molar-refractivity contribution in [3.8, 4) is 5.75 Å². The largest absolute Gasteiger partial charge is 0.494 e. The number of hydrogen-bond acceptors (Lipinski definition) is 5. The van der Waals surface area contributed by atoms with Gasteiger partial charge in [0.25, 0.3) is 5.91 Å². The number of benzene rings is 2. The molecule has 1 fully saturated rings. The van der Waals surface area contributed by atoms with Crippen molar-refractivity contribution < 1.29 is 14.3 Å². The Morgan fingerprint density at radius 3 is 2.41 bits per heavy atom. The van der Waals surface area contributed by atoms with E-state index in [1.807, 2.05) is 6.07 Å². The number of halogens is 3. The van der Waals surface area contributed by atoms with Crippen molar-refractivity contribution in [2.24, 2.45) is 0 Å². The van der Waals surface area contributed by atoms with Gasteiger partial charge in [-0.2, -0.15) is 0 Å². The summed E-state index contributed by atoms with van der Waals surface area (Å²) in [5.74, 6) is -0.149. The van der Waals surface area contributed by atoms with Crippen LogP contribution in [0.15, 0.2) is 30.3 Å². The first-order valence-corrected chi connectivity index (χ1v) is 10.2. The zero-order chi connectivity index (χ0) is 21.0. The van der Waals surface area contributed by atoms with Gasteiger partial charge in [0.1, 0.15) is 0 Å². The standard InChI is InChI=1S/C19H18Cl3N3O3S/c1-27-17-13(21)8-11(9-14(17)22)18(26)24-19(29)23-15-10-12(20)2-3-16(15)25-4-6-28-7-5-25/h2-3,8-10H,4-7H2,1H3,(H2,23,24,26,29). The van der Waals surface area contributed by atoms with Crippen LogP contribution in [0.4, 0.5) is 11.4 Å². The minimum absolute atomic E-state index is 0.120. The lowest BCUT2D eigenvalue weighted by Gasteiger charge is -2.30. The molecule has 1 aliphatic rings. The average molecular weight is 475 g/mol. The molecule has 10 heteroatoms. The Bertz CT molecular complexity index is 913. The number of hydrogen-bond donors (Lipinski definition) is 2. The van der Waals surface area contributed by atoms with Gasteiger partial charge in [-0.25, -0.2) is 0 Å². The SMILES string of the molecule is COc1c(Cl)cc(C(=O)NC(=S)Nc2cc(Cl)ccc2N2CCOCC2)cc1Cl. The van der Waals surface area contributed by atoms with Crippen LogP contribution in [-0.2, 0) is 4.74 Å². The summed E-state index contributed by atoms with van der Waals surface area (Å²) in [6, 6.07) is 8.39. The van der Waals surface area contributed by atoms with E-state index in [-0.39, 0.29) is 20.7 Å². The number of rotatable bonds is 4. The summed E-state index contributed by atoms with van der Waals surface area (Å²) in [4.78, 5) is 14.7. The Balaban J connectivity index is 1.74. The summed E-state index contributed by atoms with van der Waals surface area (Å²) >= 11 is 23.7. The van der Waals surface area contributed by atoms with Crippen molar-refractivity contribution in [3.05, 3.63) is 51.0 Å². The van der Waals surface area contributed by atoms with Crippen molar-refractivity contribution in [1.29, 1.82) is 0 Å². The van der Waals surface area contributed by atoms with Crippen LogP contribution in [-0.4, -0.2) is 44.4 Å². The van der Waals surface area contributed by atoms with Gasteiger partial charge in [-0.1, -0.05) is 34.8 Å². The summed E-state index contributed by atoms with van der Waals surface area (Å²) in [6.45, 7) is 2.78. The average Bonchev–Trinajstić information content (AvgIpc) is 2.68. The second-order valence-corrected chi connectivity index (χ2v) is 7.80. The van der Waals surface area contributed by atoms with Crippen molar-refractivity contribution in [3.63, 3.8) is 0 Å². The Morgan fingerprint density at radius 1 is 1.14 bits per heavy atom. The highest BCUT2D eigenvalue weighted by Gasteiger charge is 2.18. The Labute approximate surface area is 189 Å². The van der Waals surface area contributed by atoms with Crippen LogP contribution in [0.25, 0.3) is 0 Å². The number of morpholine rings is 1. The minimum atomic E-state index is -0.455. The van der Waals surface area contributed by atoms with E-state index in [1.165, 1.54) is 19.2 Å². The Hall–Kier alpha value is -1.77. The predicted molar refractivity (Wildman–Crippen MR) is 121 cm³/mol. The van der Waals surface area contributed by atoms with Gasteiger partial charge >= 0.3 is 0 Å². The summed E-state index contributed by atoms with van der Waals surface area (Å²) < 4.78 is 10.5. The fraction of sp³-hybridized carbons (Fsp3) is 0.263. The number of anilines is 2. The van der Waals surface area contributed by atoms with Crippen molar-refractivity contribution >= 4 is 69.4 Å². The van der Waals surface area contributed by atoms with Crippen molar-refractivity contribution in [2.45, 2.75) is 0 Å². The molecule has 2 N–H and O–H groups in total. The third-order valence-electron chi connectivity index (χ3n) is 4.25. The van der Waals surface area contributed by atoms with E-state index >= 15 is 0 Å². The van der Waals surface area contributed by atoms with Gasteiger partial charge in [0.2, 0.25) is 0 Å². The Kier molecular flexibility index (Phi) is 7.43. The molecular formula is C19H18Cl3N3O3S. The summed E-state index contributed by atoms with van der Waals surface area (Å²) in [7, 11) is 1.45. The van der Waals surface area contributed by atoms with Gasteiger partial charge in [-0.3, -0.25) is 10.1 Å². The number of ether oxygens (including phenoxy) is 2. The second-order valence-electron chi connectivity index (χ2n) is 6.14. The van der Waals surface area contributed by atoms with E-state index in [0.29, 0.717) is 29.7 Å². The molecular weight excluding hydrogens is 457 g/mol. The molecule has 0 unspecified atom stereocenters. The third-order valence-corrected chi connectivity index (χ3v) is 5.25. The normalized spacial score (nSPS) is 13.7. The first-order chi connectivity index (χ1) is 13.9.